The van der Waals surface area contributed by atoms with Gasteiger partial charge in [-0.1, -0.05) is 19.8 Å². The van der Waals surface area contributed by atoms with Gasteiger partial charge in [0.15, 0.2) is 0 Å². The molecule has 4 heteroatoms. The van der Waals surface area contributed by atoms with Gasteiger partial charge in [-0.25, -0.2) is 0 Å². The van der Waals surface area contributed by atoms with Crippen LogP contribution in [0.2, 0.25) is 0 Å². The third kappa shape index (κ3) is 3.81. The summed E-state index contributed by atoms with van der Waals surface area (Å²) in [6.07, 6.45) is 6.61. The lowest BCUT2D eigenvalue weighted by molar-refractivity contribution is 0.119. The van der Waals surface area contributed by atoms with E-state index in [-0.39, 0.29) is 6.04 Å². The Balaban J connectivity index is 2.25. The van der Waals surface area contributed by atoms with Crippen molar-refractivity contribution in [2.45, 2.75) is 64.1 Å². The Bertz CT molecular complexity index is 391. The molecule has 19 heavy (non-hydrogen) atoms. The van der Waals surface area contributed by atoms with Gasteiger partial charge in [0.05, 0.1) is 9.83 Å². The fourth-order valence-electron chi connectivity index (χ4n) is 3.22. The Morgan fingerprint density at radius 1 is 1.42 bits per heavy atom. The normalized spacial score (nSPS) is 24.9. The van der Waals surface area contributed by atoms with E-state index >= 15 is 0 Å². The molecule has 2 rings (SSSR count). The summed E-state index contributed by atoms with van der Waals surface area (Å²) in [6, 6.07) is 5.63. The molecule has 2 heterocycles. The summed E-state index contributed by atoms with van der Waals surface area (Å²) in [7, 11) is 0. The van der Waals surface area contributed by atoms with Crippen molar-refractivity contribution in [2.24, 2.45) is 5.73 Å². The highest BCUT2D eigenvalue weighted by molar-refractivity contribution is 9.11. The van der Waals surface area contributed by atoms with Gasteiger partial charge in [-0.05, 0) is 60.8 Å². The molecule has 1 saturated heterocycles. The van der Waals surface area contributed by atoms with Gasteiger partial charge < -0.3 is 5.73 Å². The molecule has 0 spiro atoms. The van der Waals surface area contributed by atoms with Crippen molar-refractivity contribution in [3.05, 3.63) is 20.8 Å². The lowest BCUT2D eigenvalue weighted by Gasteiger charge is -2.38. The molecule has 1 aromatic heterocycles. The largest absolute Gasteiger partial charge is 0.326 e. The second-order valence-electron chi connectivity index (χ2n) is 5.60. The lowest BCUT2D eigenvalue weighted by Crippen LogP contribution is -2.44. The van der Waals surface area contributed by atoms with Crippen LogP contribution in [0.1, 0.15) is 56.9 Å². The Morgan fingerprint density at radius 2 is 2.21 bits per heavy atom. The minimum Gasteiger partial charge on any atom is -0.326 e. The molecule has 0 amide bonds. The van der Waals surface area contributed by atoms with Crippen molar-refractivity contribution in [3.63, 3.8) is 0 Å². The summed E-state index contributed by atoms with van der Waals surface area (Å²) >= 11 is 5.41. The minimum absolute atomic E-state index is 0.178. The number of hydrogen-bond acceptors (Lipinski definition) is 3. The molecule has 108 valence electrons. The molecule has 0 bridgehead atoms. The second-order valence-corrected chi connectivity index (χ2v) is 8.09. The van der Waals surface area contributed by atoms with Crippen molar-refractivity contribution in [1.29, 1.82) is 0 Å². The zero-order valence-corrected chi connectivity index (χ0v) is 14.3. The van der Waals surface area contributed by atoms with Crippen molar-refractivity contribution in [2.75, 3.05) is 6.54 Å². The van der Waals surface area contributed by atoms with Gasteiger partial charge in [-0.2, -0.15) is 0 Å². The first-order valence-corrected chi connectivity index (χ1v) is 9.01. The van der Waals surface area contributed by atoms with E-state index in [2.05, 4.69) is 46.8 Å². The van der Waals surface area contributed by atoms with E-state index in [0.29, 0.717) is 12.1 Å². The number of hydrogen-bond donors (Lipinski definition) is 1. The van der Waals surface area contributed by atoms with Crippen molar-refractivity contribution in [3.8, 4) is 0 Å². The summed E-state index contributed by atoms with van der Waals surface area (Å²) in [5.41, 5.74) is 6.33. The van der Waals surface area contributed by atoms with E-state index in [1.54, 1.807) is 0 Å². The van der Waals surface area contributed by atoms with Crippen molar-refractivity contribution in [1.82, 2.24) is 4.90 Å². The average Bonchev–Trinajstić information content (AvgIpc) is 2.65. The average molecular weight is 345 g/mol. The predicted octanol–water partition coefficient (Wildman–Crippen LogP) is 4.55. The van der Waals surface area contributed by atoms with Crippen LogP contribution in [0.4, 0.5) is 0 Å². The number of nitrogens with zero attached hydrogens (tertiary/aromatic N) is 1. The first kappa shape index (κ1) is 15.5. The summed E-state index contributed by atoms with van der Waals surface area (Å²) in [6.45, 7) is 5.65. The van der Waals surface area contributed by atoms with Gasteiger partial charge in [-0.15, -0.1) is 11.3 Å². The third-order valence-electron chi connectivity index (χ3n) is 4.13. The zero-order chi connectivity index (χ0) is 13.8. The fraction of sp³-hybridized carbons (Fsp3) is 0.733. The van der Waals surface area contributed by atoms with Crippen molar-refractivity contribution < 1.29 is 0 Å². The second kappa shape index (κ2) is 7.21. The highest BCUT2D eigenvalue weighted by Crippen LogP contribution is 2.36. The van der Waals surface area contributed by atoms with E-state index in [4.69, 9.17) is 5.73 Å². The number of nitrogens with two attached hydrogens (primary N) is 1. The summed E-state index contributed by atoms with van der Waals surface area (Å²) in [5, 5.41) is 0. The van der Waals surface area contributed by atoms with Gasteiger partial charge in [0.25, 0.3) is 0 Å². The molecule has 0 radical (unpaired) electrons. The van der Waals surface area contributed by atoms with Gasteiger partial charge in [0.1, 0.15) is 0 Å². The first-order valence-electron chi connectivity index (χ1n) is 7.40. The van der Waals surface area contributed by atoms with Crippen LogP contribution in [0, 0.1) is 0 Å². The third-order valence-corrected chi connectivity index (χ3v) is 5.83. The van der Waals surface area contributed by atoms with Crippen LogP contribution >= 0.6 is 27.3 Å². The van der Waals surface area contributed by atoms with Crippen LogP contribution in [0.15, 0.2) is 15.9 Å². The smallest absolute Gasteiger partial charge is 0.0702 e. The maximum Gasteiger partial charge on any atom is 0.0702 e. The molecular weight excluding hydrogens is 320 g/mol. The molecule has 2 nitrogen and oxygen atoms in total. The monoisotopic (exact) mass is 344 g/mol. The molecule has 1 aliphatic rings. The molecule has 1 fully saturated rings. The molecule has 0 saturated carbocycles. The number of rotatable bonds is 4. The molecule has 0 aliphatic carbocycles. The molecule has 3 atom stereocenters. The first-order chi connectivity index (χ1) is 9.13. The van der Waals surface area contributed by atoms with E-state index in [1.807, 2.05) is 11.3 Å². The van der Waals surface area contributed by atoms with Crippen LogP contribution in [-0.2, 0) is 0 Å². The number of halogens is 1. The van der Waals surface area contributed by atoms with Crippen LogP contribution in [-0.4, -0.2) is 23.5 Å². The Hall–Kier alpha value is 0.1000. The maximum absolute atomic E-state index is 6.33. The minimum atomic E-state index is 0.178. The van der Waals surface area contributed by atoms with E-state index in [0.717, 1.165) is 0 Å². The zero-order valence-electron chi connectivity index (χ0n) is 11.9. The molecule has 3 unspecified atom stereocenters. The van der Waals surface area contributed by atoms with Gasteiger partial charge >= 0.3 is 0 Å². The van der Waals surface area contributed by atoms with Crippen LogP contribution in [0.3, 0.4) is 0 Å². The summed E-state index contributed by atoms with van der Waals surface area (Å²) in [4.78, 5) is 4.08. The molecular formula is C15H25BrN2S. The molecule has 0 aromatic carbocycles. The SMILES string of the molecule is CCC1CCCCCN1C(c1ccc(Br)s1)C(C)N. The Kier molecular flexibility index (Phi) is 5.87. The van der Waals surface area contributed by atoms with E-state index in [1.165, 1.54) is 47.3 Å². The topological polar surface area (TPSA) is 29.3 Å². The predicted molar refractivity (Wildman–Crippen MR) is 87.7 cm³/mol. The van der Waals surface area contributed by atoms with E-state index in [9.17, 15) is 0 Å². The Labute approximate surface area is 129 Å². The van der Waals surface area contributed by atoms with Gasteiger partial charge in [0.2, 0.25) is 0 Å². The maximum atomic E-state index is 6.33. The summed E-state index contributed by atoms with van der Waals surface area (Å²) in [5.74, 6) is 0. The number of likely N-dealkylation sites (tertiary alicyclic amines) is 1. The lowest BCUT2D eigenvalue weighted by atomic mass is 10.0. The Morgan fingerprint density at radius 3 is 2.79 bits per heavy atom. The molecule has 1 aliphatic heterocycles. The van der Waals surface area contributed by atoms with Crippen LogP contribution in [0.25, 0.3) is 0 Å². The molecule has 2 N–H and O–H groups in total. The standard InChI is InChI=1S/C15H25BrN2S/c1-3-12-7-5-4-6-10-18(12)15(11(2)17)13-8-9-14(16)19-13/h8-9,11-12,15H,3-7,10,17H2,1-2H3. The van der Waals surface area contributed by atoms with Gasteiger partial charge in [0, 0.05) is 17.0 Å². The quantitative estimate of drug-likeness (QED) is 0.867. The van der Waals surface area contributed by atoms with Crippen LogP contribution < -0.4 is 5.73 Å². The fourth-order valence-corrected chi connectivity index (χ4v) is 4.88. The summed E-state index contributed by atoms with van der Waals surface area (Å²) < 4.78 is 1.20. The highest BCUT2D eigenvalue weighted by Gasteiger charge is 2.30. The number of thiophene rings is 1. The highest BCUT2D eigenvalue weighted by atomic mass is 79.9. The van der Waals surface area contributed by atoms with Crippen molar-refractivity contribution >= 4 is 27.3 Å². The van der Waals surface area contributed by atoms with Gasteiger partial charge in [-0.3, -0.25) is 4.90 Å². The van der Waals surface area contributed by atoms with E-state index < -0.39 is 0 Å². The molecule has 1 aromatic rings. The van der Waals surface area contributed by atoms with Crippen LogP contribution in [0.5, 0.6) is 0 Å².